The fourth-order valence-corrected chi connectivity index (χ4v) is 4.80. The van der Waals surface area contributed by atoms with E-state index in [9.17, 15) is 0 Å². The number of aryl methyl sites for hydroxylation is 1. The number of nitrogens with zero attached hydrogens (tertiary/aromatic N) is 4. The molecule has 1 saturated carbocycles. The van der Waals surface area contributed by atoms with E-state index in [-0.39, 0.29) is 0 Å². The van der Waals surface area contributed by atoms with Gasteiger partial charge in [-0.3, -0.25) is 4.90 Å². The molecule has 1 atom stereocenters. The lowest BCUT2D eigenvalue weighted by Gasteiger charge is -2.65. The Labute approximate surface area is 126 Å². The molecule has 116 valence electrons. The molecule has 1 spiro atoms. The molecule has 5 nitrogen and oxygen atoms in total. The second-order valence-corrected chi connectivity index (χ2v) is 7.01. The molecule has 1 aliphatic carbocycles. The van der Waals surface area contributed by atoms with Gasteiger partial charge in [-0.2, -0.15) is 5.10 Å². The van der Waals surface area contributed by atoms with Crippen molar-refractivity contribution < 1.29 is 4.74 Å². The molecule has 0 amide bonds. The van der Waals surface area contributed by atoms with Gasteiger partial charge < -0.3 is 4.74 Å². The van der Waals surface area contributed by atoms with E-state index in [1.165, 1.54) is 38.6 Å². The first-order chi connectivity index (χ1) is 10.3. The Morgan fingerprint density at radius 2 is 2.14 bits per heavy atom. The molecule has 0 N–H and O–H groups in total. The molecule has 0 radical (unpaired) electrons. The molecule has 2 saturated heterocycles. The summed E-state index contributed by atoms with van der Waals surface area (Å²) in [6, 6.07) is 0.761. The minimum absolute atomic E-state index is 0.638. The summed E-state index contributed by atoms with van der Waals surface area (Å²) >= 11 is 0. The minimum Gasteiger partial charge on any atom is -0.381 e. The molecule has 3 heterocycles. The van der Waals surface area contributed by atoms with Crippen molar-refractivity contribution in [1.29, 1.82) is 0 Å². The first-order valence-corrected chi connectivity index (χ1v) is 8.51. The third kappa shape index (κ3) is 2.21. The number of hydrogen-bond acceptors (Lipinski definition) is 4. The Morgan fingerprint density at radius 1 is 1.33 bits per heavy atom. The van der Waals surface area contributed by atoms with Crippen LogP contribution < -0.4 is 0 Å². The molecule has 3 fully saturated rings. The Balaban J connectivity index is 1.49. The van der Waals surface area contributed by atoms with Crippen LogP contribution in [-0.2, 0) is 17.8 Å². The summed E-state index contributed by atoms with van der Waals surface area (Å²) in [6.45, 7) is 7.20. The molecule has 21 heavy (non-hydrogen) atoms. The van der Waals surface area contributed by atoms with Crippen LogP contribution in [0, 0.1) is 11.3 Å². The second-order valence-electron chi connectivity index (χ2n) is 7.01. The van der Waals surface area contributed by atoms with Gasteiger partial charge in [0.25, 0.3) is 0 Å². The molecule has 0 aromatic carbocycles. The standard InChI is InChI=1S/C16H26N4O/c1-2-20-14(17-12-18-20)10-19-11-16(6-3-7-16)15(19)13-4-8-21-9-5-13/h12-13,15H,2-11H2,1H3. The van der Waals surface area contributed by atoms with E-state index in [0.717, 1.165) is 44.1 Å². The average Bonchev–Trinajstić information content (AvgIpc) is 2.89. The van der Waals surface area contributed by atoms with E-state index in [0.29, 0.717) is 5.41 Å². The monoisotopic (exact) mass is 290 g/mol. The van der Waals surface area contributed by atoms with Crippen LogP contribution in [0.3, 0.4) is 0 Å². The summed E-state index contributed by atoms with van der Waals surface area (Å²) in [7, 11) is 0. The molecular formula is C16H26N4O. The van der Waals surface area contributed by atoms with Gasteiger partial charge in [0.15, 0.2) is 0 Å². The third-order valence-electron chi connectivity index (χ3n) is 5.94. The summed E-state index contributed by atoms with van der Waals surface area (Å²) in [4.78, 5) is 7.14. The van der Waals surface area contributed by atoms with E-state index >= 15 is 0 Å². The third-order valence-corrected chi connectivity index (χ3v) is 5.94. The number of aromatic nitrogens is 3. The van der Waals surface area contributed by atoms with Crippen LogP contribution in [0.4, 0.5) is 0 Å². The molecule has 1 aromatic heterocycles. The minimum atomic E-state index is 0.638. The van der Waals surface area contributed by atoms with Gasteiger partial charge in [-0.05, 0) is 43.9 Å². The van der Waals surface area contributed by atoms with E-state index in [1.54, 1.807) is 6.33 Å². The Bertz CT molecular complexity index is 490. The van der Waals surface area contributed by atoms with Crippen molar-refractivity contribution >= 4 is 0 Å². The summed E-state index contributed by atoms with van der Waals surface area (Å²) in [5.74, 6) is 1.95. The summed E-state index contributed by atoms with van der Waals surface area (Å²) in [5.41, 5.74) is 0.638. The molecular weight excluding hydrogens is 264 g/mol. The molecule has 4 rings (SSSR count). The zero-order valence-corrected chi connectivity index (χ0v) is 13.0. The lowest BCUT2D eigenvalue weighted by molar-refractivity contribution is -0.167. The quantitative estimate of drug-likeness (QED) is 0.851. The van der Waals surface area contributed by atoms with Crippen molar-refractivity contribution in [2.75, 3.05) is 19.8 Å². The van der Waals surface area contributed by atoms with Gasteiger partial charge in [0, 0.05) is 32.3 Å². The highest BCUT2D eigenvalue weighted by molar-refractivity contribution is 5.11. The van der Waals surface area contributed by atoms with E-state index < -0.39 is 0 Å². The van der Waals surface area contributed by atoms with Crippen LogP contribution in [0.5, 0.6) is 0 Å². The number of rotatable bonds is 4. The van der Waals surface area contributed by atoms with Crippen LogP contribution in [-0.4, -0.2) is 45.5 Å². The summed E-state index contributed by atoms with van der Waals surface area (Å²) in [6.07, 6.45) is 8.48. The first kappa shape index (κ1) is 13.7. The van der Waals surface area contributed by atoms with Crippen molar-refractivity contribution in [3.8, 4) is 0 Å². The first-order valence-electron chi connectivity index (χ1n) is 8.51. The van der Waals surface area contributed by atoms with Crippen molar-refractivity contribution in [3.05, 3.63) is 12.2 Å². The van der Waals surface area contributed by atoms with Gasteiger partial charge in [0.1, 0.15) is 12.2 Å². The zero-order valence-electron chi connectivity index (χ0n) is 13.0. The summed E-state index contributed by atoms with van der Waals surface area (Å²) < 4.78 is 7.61. The Hall–Kier alpha value is -0.940. The lowest BCUT2D eigenvalue weighted by Crippen LogP contribution is -2.69. The van der Waals surface area contributed by atoms with Crippen LogP contribution in [0.2, 0.25) is 0 Å². The molecule has 0 bridgehead atoms. The Kier molecular flexibility index (Phi) is 3.50. The second kappa shape index (κ2) is 5.36. The van der Waals surface area contributed by atoms with E-state index in [4.69, 9.17) is 4.74 Å². The maximum atomic E-state index is 5.57. The largest absolute Gasteiger partial charge is 0.381 e. The van der Waals surface area contributed by atoms with Crippen molar-refractivity contribution in [3.63, 3.8) is 0 Å². The van der Waals surface area contributed by atoms with Gasteiger partial charge in [0.05, 0.1) is 6.54 Å². The van der Waals surface area contributed by atoms with Crippen LogP contribution in [0.1, 0.15) is 44.9 Å². The van der Waals surface area contributed by atoms with Crippen LogP contribution in [0.25, 0.3) is 0 Å². The van der Waals surface area contributed by atoms with Crippen LogP contribution in [0.15, 0.2) is 6.33 Å². The maximum Gasteiger partial charge on any atom is 0.141 e. The van der Waals surface area contributed by atoms with Crippen LogP contribution >= 0.6 is 0 Å². The highest BCUT2D eigenvalue weighted by atomic mass is 16.5. The summed E-state index contributed by atoms with van der Waals surface area (Å²) in [5, 5.41) is 4.31. The predicted molar refractivity (Wildman–Crippen MR) is 79.7 cm³/mol. The van der Waals surface area contributed by atoms with Gasteiger partial charge in [-0.15, -0.1) is 0 Å². The van der Waals surface area contributed by atoms with E-state index in [2.05, 4.69) is 21.9 Å². The highest BCUT2D eigenvalue weighted by Crippen LogP contribution is 2.56. The average molecular weight is 290 g/mol. The maximum absolute atomic E-state index is 5.57. The molecule has 2 aliphatic heterocycles. The number of ether oxygens (including phenoxy) is 1. The highest BCUT2D eigenvalue weighted by Gasteiger charge is 2.58. The number of likely N-dealkylation sites (tertiary alicyclic amines) is 1. The topological polar surface area (TPSA) is 43.2 Å². The lowest BCUT2D eigenvalue weighted by atomic mass is 9.54. The fourth-order valence-electron chi connectivity index (χ4n) is 4.80. The molecule has 3 aliphatic rings. The predicted octanol–water partition coefficient (Wildman–Crippen LogP) is 2.08. The van der Waals surface area contributed by atoms with Gasteiger partial charge in [-0.25, -0.2) is 9.67 Å². The normalized spacial score (nSPS) is 29.3. The van der Waals surface area contributed by atoms with Crippen molar-refractivity contribution in [2.24, 2.45) is 11.3 Å². The van der Waals surface area contributed by atoms with Gasteiger partial charge in [0.2, 0.25) is 0 Å². The molecule has 5 heteroatoms. The zero-order chi connectivity index (χ0) is 14.3. The molecule has 1 aromatic rings. The van der Waals surface area contributed by atoms with Crippen molar-refractivity contribution in [1.82, 2.24) is 19.7 Å². The SMILES string of the molecule is CCn1ncnc1CN1CC2(CCC2)C1C1CCOCC1. The van der Waals surface area contributed by atoms with Gasteiger partial charge in [-0.1, -0.05) is 6.42 Å². The fraction of sp³-hybridized carbons (Fsp3) is 0.875. The van der Waals surface area contributed by atoms with Crippen molar-refractivity contribution in [2.45, 2.75) is 58.2 Å². The van der Waals surface area contributed by atoms with Gasteiger partial charge >= 0.3 is 0 Å². The number of hydrogen-bond donors (Lipinski definition) is 0. The Morgan fingerprint density at radius 3 is 2.81 bits per heavy atom. The smallest absolute Gasteiger partial charge is 0.141 e. The van der Waals surface area contributed by atoms with E-state index in [1.807, 2.05) is 4.68 Å². The molecule has 1 unspecified atom stereocenters.